The fraction of sp³-hybridized carbons (Fsp3) is 0.556. The van der Waals surface area contributed by atoms with Crippen molar-refractivity contribution < 1.29 is 9.15 Å². The van der Waals surface area contributed by atoms with Gasteiger partial charge in [0.25, 0.3) is 0 Å². The average Bonchev–Trinajstić information content (AvgIpc) is 2.93. The molecule has 0 fully saturated rings. The van der Waals surface area contributed by atoms with Crippen molar-refractivity contribution in [3.05, 3.63) is 36.1 Å². The first-order valence-corrected chi connectivity index (χ1v) is 8.14. The number of unbranched alkanes of at least 4 members (excludes halogenated alkanes) is 2. The number of fused-ring (bicyclic) bond motifs is 1. The Kier molecular flexibility index (Phi) is 6.77. The van der Waals surface area contributed by atoms with Gasteiger partial charge >= 0.3 is 0 Å². The minimum absolute atomic E-state index is 0.138. The highest BCUT2D eigenvalue weighted by Crippen LogP contribution is 2.24. The molecule has 1 atom stereocenters. The summed E-state index contributed by atoms with van der Waals surface area (Å²) in [7, 11) is 0. The third kappa shape index (κ3) is 4.87. The Bertz CT molecular complexity index is 488. The second-order valence-corrected chi connectivity index (χ2v) is 5.48. The van der Waals surface area contributed by atoms with E-state index in [0.29, 0.717) is 6.61 Å². The maximum atomic E-state index is 5.96. The topological polar surface area (TPSA) is 34.4 Å². The van der Waals surface area contributed by atoms with E-state index in [9.17, 15) is 0 Å². The van der Waals surface area contributed by atoms with Gasteiger partial charge in [-0.2, -0.15) is 0 Å². The van der Waals surface area contributed by atoms with Crippen molar-refractivity contribution in [3.8, 4) is 0 Å². The van der Waals surface area contributed by atoms with Crippen LogP contribution < -0.4 is 5.32 Å². The number of hydrogen-bond acceptors (Lipinski definition) is 3. The maximum absolute atomic E-state index is 5.96. The predicted octanol–water partition coefficient (Wildman–Crippen LogP) is 4.68. The minimum atomic E-state index is 0.138. The number of nitrogens with one attached hydrogen (secondary N) is 1. The van der Waals surface area contributed by atoms with Gasteiger partial charge in [0.1, 0.15) is 11.3 Å². The summed E-state index contributed by atoms with van der Waals surface area (Å²) in [5, 5.41) is 4.67. The molecule has 1 aromatic heterocycles. The van der Waals surface area contributed by atoms with Gasteiger partial charge in [-0.25, -0.2) is 0 Å². The molecule has 1 heterocycles. The predicted molar refractivity (Wildman–Crippen MR) is 87.6 cm³/mol. The molecule has 0 saturated heterocycles. The molecule has 0 bridgehead atoms. The molecular formula is C18H27NO2. The summed E-state index contributed by atoms with van der Waals surface area (Å²) < 4.78 is 11.8. The molecule has 2 aromatic rings. The van der Waals surface area contributed by atoms with Gasteiger partial charge in [0, 0.05) is 12.0 Å². The number of ether oxygens (including phenoxy) is 1. The summed E-state index contributed by atoms with van der Waals surface area (Å²) in [6.45, 7) is 6.85. The largest absolute Gasteiger partial charge is 0.459 e. The molecule has 0 radical (unpaired) electrons. The minimum Gasteiger partial charge on any atom is -0.459 e. The summed E-state index contributed by atoms with van der Waals surface area (Å²) in [5.41, 5.74) is 0.946. The van der Waals surface area contributed by atoms with Gasteiger partial charge in [-0.15, -0.1) is 0 Å². The third-order valence-electron chi connectivity index (χ3n) is 3.61. The Morgan fingerprint density at radius 3 is 2.76 bits per heavy atom. The van der Waals surface area contributed by atoms with Gasteiger partial charge < -0.3 is 14.5 Å². The highest BCUT2D eigenvalue weighted by molar-refractivity contribution is 5.77. The maximum Gasteiger partial charge on any atom is 0.134 e. The fourth-order valence-corrected chi connectivity index (χ4v) is 2.39. The van der Waals surface area contributed by atoms with Crippen molar-refractivity contribution >= 4 is 11.0 Å². The summed E-state index contributed by atoms with van der Waals surface area (Å²) in [4.78, 5) is 0. The fourth-order valence-electron chi connectivity index (χ4n) is 2.39. The molecule has 21 heavy (non-hydrogen) atoms. The third-order valence-corrected chi connectivity index (χ3v) is 3.61. The van der Waals surface area contributed by atoms with Gasteiger partial charge in [-0.1, -0.05) is 44.9 Å². The van der Waals surface area contributed by atoms with E-state index in [1.165, 1.54) is 12.8 Å². The van der Waals surface area contributed by atoms with E-state index in [0.717, 1.165) is 42.7 Å². The van der Waals surface area contributed by atoms with Gasteiger partial charge in [-0.05, 0) is 31.5 Å². The lowest BCUT2D eigenvalue weighted by atomic mass is 10.2. The Balaban J connectivity index is 1.97. The van der Waals surface area contributed by atoms with E-state index >= 15 is 0 Å². The van der Waals surface area contributed by atoms with E-state index in [2.05, 4.69) is 31.3 Å². The molecule has 0 aliphatic heterocycles. The molecule has 1 aromatic carbocycles. The van der Waals surface area contributed by atoms with Crippen molar-refractivity contribution in [1.29, 1.82) is 0 Å². The van der Waals surface area contributed by atoms with Crippen LogP contribution in [0.4, 0.5) is 0 Å². The smallest absolute Gasteiger partial charge is 0.134 e. The van der Waals surface area contributed by atoms with E-state index in [-0.39, 0.29) is 6.04 Å². The molecule has 3 nitrogen and oxygen atoms in total. The van der Waals surface area contributed by atoms with Crippen molar-refractivity contribution in [3.63, 3.8) is 0 Å². The number of rotatable bonds is 10. The summed E-state index contributed by atoms with van der Waals surface area (Å²) >= 11 is 0. The van der Waals surface area contributed by atoms with E-state index < -0.39 is 0 Å². The first-order chi connectivity index (χ1) is 10.3. The van der Waals surface area contributed by atoms with Crippen LogP contribution in [0.25, 0.3) is 11.0 Å². The molecule has 116 valence electrons. The zero-order valence-corrected chi connectivity index (χ0v) is 13.2. The molecule has 0 aliphatic rings. The molecule has 3 heteroatoms. The lowest BCUT2D eigenvalue weighted by molar-refractivity contribution is 0.102. The van der Waals surface area contributed by atoms with Crippen LogP contribution in [0.5, 0.6) is 0 Å². The van der Waals surface area contributed by atoms with Crippen LogP contribution >= 0.6 is 0 Å². The average molecular weight is 289 g/mol. The molecule has 2 rings (SSSR count). The monoisotopic (exact) mass is 289 g/mol. The molecule has 0 amide bonds. The standard InChI is InChI=1S/C18H27NO2/c1-3-5-8-12-20-14-16(19-11-4-2)18-13-15-9-6-7-10-17(15)21-18/h6-7,9-10,13,16,19H,3-5,8,11-12,14H2,1-2H3. The Morgan fingerprint density at radius 2 is 2.00 bits per heavy atom. The summed E-state index contributed by atoms with van der Waals surface area (Å²) in [5.74, 6) is 0.972. The van der Waals surface area contributed by atoms with Crippen LogP contribution in [0.15, 0.2) is 34.7 Å². The number of para-hydroxylation sites is 1. The van der Waals surface area contributed by atoms with Crippen molar-refractivity contribution in [2.24, 2.45) is 0 Å². The molecule has 1 unspecified atom stereocenters. The van der Waals surface area contributed by atoms with Crippen LogP contribution in [0.1, 0.15) is 51.3 Å². The van der Waals surface area contributed by atoms with E-state index in [1.54, 1.807) is 0 Å². The lowest BCUT2D eigenvalue weighted by Gasteiger charge is -2.16. The first kappa shape index (κ1) is 16.1. The van der Waals surface area contributed by atoms with Crippen molar-refractivity contribution in [1.82, 2.24) is 5.32 Å². The van der Waals surface area contributed by atoms with E-state index in [4.69, 9.17) is 9.15 Å². The van der Waals surface area contributed by atoms with Crippen LogP contribution in [0.3, 0.4) is 0 Å². The number of hydrogen-bond donors (Lipinski definition) is 1. The van der Waals surface area contributed by atoms with Crippen LogP contribution in [0.2, 0.25) is 0 Å². The van der Waals surface area contributed by atoms with Crippen molar-refractivity contribution in [2.45, 2.75) is 45.6 Å². The quantitative estimate of drug-likeness (QED) is 0.645. The molecule has 0 saturated carbocycles. The van der Waals surface area contributed by atoms with Gasteiger partial charge in [0.05, 0.1) is 12.6 Å². The van der Waals surface area contributed by atoms with Gasteiger partial charge in [0.15, 0.2) is 0 Å². The Morgan fingerprint density at radius 1 is 1.14 bits per heavy atom. The summed E-state index contributed by atoms with van der Waals surface area (Å²) in [6, 6.07) is 10.4. The highest BCUT2D eigenvalue weighted by atomic mass is 16.5. The van der Waals surface area contributed by atoms with Crippen LogP contribution in [-0.2, 0) is 4.74 Å². The molecule has 0 aliphatic carbocycles. The molecule has 0 spiro atoms. The van der Waals surface area contributed by atoms with Gasteiger partial charge in [-0.3, -0.25) is 0 Å². The second kappa shape index (κ2) is 8.85. The Labute approximate surface area is 127 Å². The zero-order valence-electron chi connectivity index (χ0n) is 13.2. The second-order valence-electron chi connectivity index (χ2n) is 5.48. The molecular weight excluding hydrogens is 262 g/mol. The number of furan rings is 1. The van der Waals surface area contributed by atoms with E-state index in [1.807, 2.05) is 18.2 Å². The lowest BCUT2D eigenvalue weighted by Crippen LogP contribution is -2.26. The Hall–Kier alpha value is -1.32. The number of benzene rings is 1. The van der Waals surface area contributed by atoms with Crippen LogP contribution in [0, 0.1) is 0 Å². The van der Waals surface area contributed by atoms with Crippen molar-refractivity contribution in [2.75, 3.05) is 19.8 Å². The zero-order chi connectivity index (χ0) is 14.9. The summed E-state index contributed by atoms with van der Waals surface area (Å²) in [6.07, 6.45) is 4.70. The van der Waals surface area contributed by atoms with Crippen LogP contribution in [-0.4, -0.2) is 19.8 Å². The molecule has 1 N–H and O–H groups in total. The highest BCUT2D eigenvalue weighted by Gasteiger charge is 2.15. The normalized spacial score (nSPS) is 12.9. The first-order valence-electron chi connectivity index (χ1n) is 8.14. The SMILES string of the molecule is CCCCCOCC(NCCC)c1cc2ccccc2o1. The van der Waals surface area contributed by atoms with Gasteiger partial charge in [0.2, 0.25) is 0 Å².